The number of nitrogens with one attached hydrogen (secondary N) is 1. The molecule has 0 fully saturated rings. The minimum atomic E-state index is -0.114. The SMILES string of the molecule is Cc1cc(C(=O)Nc2c(C)cc(N)cc2C)ccc1Br. The number of carbonyl (C=O) groups excluding carboxylic acids is 1. The molecule has 0 unspecified atom stereocenters. The summed E-state index contributed by atoms with van der Waals surface area (Å²) >= 11 is 3.43. The topological polar surface area (TPSA) is 55.1 Å². The van der Waals surface area contributed by atoms with E-state index in [0.29, 0.717) is 11.3 Å². The number of nitrogens with two attached hydrogens (primary N) is 1. The fourth-order valence-corrected chi connectivity index (χ4v) is 2.41. The third-order valence-electron chi connectivity index (χ3n) is 3.21. The van der Waals surface area contributed by atoms with Crippen molar-refractivity contribution >= 4 is 33.2 Å². The summed E-state index contributed by atoms with van der Waals surface area (Å²) in [5.74, 6) is -0.114. The number of anilines is 2. The molecule has 0 bridgehead atoms. The molecule has 2 aromatic rings. The summed E-state index contributed by atoms with van der Waals surface area (Å²) in [5, 5.41) is 2.96. The second kappa shape index (κ2) is 5.67. The van der Waals surface area contributed by atoms with Crippen LogP contribution in [0.4, 0.5) is 11.4 Å². The monoisotopic (exact) mass is 332 g/mol. The average Bonchev–Trinajstić information content (AvgIpc) is 2.36. The van der Waals surface area contributed by atoms with E-state index in [9.17, 15) is 4.79 Å². The van der Waals surface area contributed by atoms with Gasteiger partial charge in [-0.15, -0.1) is 0 Å². The van der Waals surface area contributed by atoms with Crippen LogP contribution in [-0.2, 0) is 0 Å². The molecular formula is C16H17BrN2O. The Bertz CT molecular complexity index is 657. The molecule has 0 heterocycles. The number of hydrogen-bond acceptors (Lipinski definition) is 2. The van der Waals surface area contributed by atoms with E-state index < -0.39 is 0 Å². The molecule has 0 aliphatic carbocycles. The number of rotatable bonds is 2. The molecule has 2 aromatic carbocycles. The first-order chi connectivity index (χ1) is 9.38. The highest BCUT2D eigenvalue weighted by molar-refractivity contribution is 9.10. The maximum Gasteiger partial charge on any atom is 0.255 e. The number of aryl methyl sites for hydroxylation is 3. The summed E-state index contributed by atoms with van der Waals surface area (Å²) in [6.07, 6.45) is 0. The van der Waals surface area contributed by atoms with Crippen LogP contribution in [0, 0.1) is 20.8 Å². The smallest absolute Gasteiger partial charge is 0.255 e. The van der Waals surface area contributed by atoms with Crippen molar-refractivity contribution in [3.05, 3.63) is 57.1 Å². The van der Waals surface area contributed by atoms with Crippen LogP contribution in [0.1, 0.15) is 27.0 Å². The van der Waals surface area contributed by atoms with Crippen LogP contribution in [0.2, 0.25) is 0 Å². The predicted octanol–water partition coefficient (Wildman–Crippen LogP) is 4.21. The summed E-state index contributed by atoms with van der Waals surface area (Å²) in [5.41, 5.74) is 10.9. The Balaban J connectivity index is 2.30. The normalized spacial score (nSPS) is 10.4. The molecule has 0 spiro atoms. The highest BCUT2D eigenvalue weighted by Gasteiger charge is 2.11. The lowest BCUT2D eigenvalue weighted by molar-refractivity contribution is 0.102. The van der Waals surface area contributed by atoms with E-state index in [2.05, 4.69) is 21.2 Å². The largest absolute Gasteiger partial charge is 0.399 e. The van der Waals surface area contributed by atoms with Crippen LogP contribution in [0.15, 0.2) is 34.8 Å². The molecule has 0 aliphatic rings. The van der Waals surface area contributed by atoms with Gasteiger partial charge in [-0.25, -0.2) is 0 Å². The van der Waals surface area contributed by atoms with Crippen LogP contribution >= 0.6 is 15.9 Å². The van der Waals surface area contributed by atoms with Gasteiger partial charge in [0.05, 0.1) is 0 Å². The van der Waals surface area contributed by atoms with E-state index in [1.54, 1.807) is 6.07 Å². The third-order valence-corrected chi connectivity index (χ3v) is 4.10. The van der Waals surface area contributed by atoms with Crippen molar-refractivity contribution < 1.29 is 4.79 Å². The lowest BCUT2D eigenvalue weighted by atomic mass is 10.1. The van der Waals surface area contributed by atoms with Crippen LogP contribution in [0.3, 0.4) is 0 Å². The van der Waals surface area contributed by atoms with Crippen molar-refractivity contribution in [3.8, 4) is 0 Å². The number of carbonyl (C=O) groups is 1. The summed E-state index contributed by atoms with van der Waals surface area (Å²) in [6, 6.07) is 9.26. The number of benzene rings is 2. The first-order valence-corrected chi connectivity index (χ1v) is 7.12. The molecule has 20 heavy (non-hydrogen) atoms. The summed E-state index contributed by atoms with van der Waals surface area (Å²) in [7, 11) is 0. The van der Waals surface area contributed by atoms with E-state index >= 15 is 0 Å². The van der Waals surface area contributed by atoms with Crippen LogP contribution in [-0.4, -0.2) is 5.91 Å². The van der Waals surface area contributed by atoms with E-state index in [1.807, 2.05) is 45.0 Å². The molecular weight excluding hydrogens is 316 g/mol. The number of halogens is 1. The minimum Gasteiger partial charge on any atom is -0.399 e. The fourth-order valence-electron chi connectivity index (χ4n) is 2.17. The predicted molar refractivity (Wildman–Crippen MR) is 87.2 cm³/mol. The fraction of sp³-hybridized carbons (Fsp3) is 0.188. The van der Waals surface area contributed by atoms with Crippen molar-refractivity contribution in [1.82, 2.24) is 0 Å². The van der Waals surface area contributed by atoms with Crippen molar-refractivity contribution in [2.75, 3.05) is 11.1 Å². The molecule has 0 radical (unpaired) electrons. The van der Waals surface area contributed by atoms with Crippen LogP contribution in [0.5, 0.6) is 0 Å². The molecule has 0 atom stereocenters. The third kappa shape index (κ3) is 3.02. The van der Waals surface area contributed by atoms with Gasteiger partial charge in [-0.3, -0.25) is 4.79 Å². The average molecular weight is 333 g/mol. The molecule has 104 valence electrons. The van der Waals surface area contributed by atoms with Crippen molar-refractivity contribution in [1.29, 1.82) is 0 Å². The lowest BCUT2D eigenvalue weighted by Crippen LogP contribution is -2.14. The Morgan fingerprint density at radius 1 is 1.05 bits per heavy atom. The summed E-state index contributed by atoms with van der Waals surface area (Å²) < 4.78 is 0.994. The number of nitrogen functional groups attached to an aromatic ring is 1. The van der Waals surface area contributed by atoms with Gasteiger partial charge in [-0.05, 0) is 67.8 Å². The maximum absolute atomic E-state index is 12.3. The zero-order valence-electron chi connectivity index (χ0n) is 11.8. The number of amides is 1. The van der Waals surface area contributed by atoms with Crippen molar-refractivity contribution in [2.24, 2.45) is 0 Å². The Kier molecular flexibility index (Phi) is 4.14. The first-order valence-electron chi connectivity index (χ1n) is 6.32. The Morgan fingerprint density at radius 3 is 2.20 bits per heavy atom. The van der Waals surface area contributed by atoms with Gasteiger partial charge in [0.25, 0.3) is 5.91 Å². The Hall–Kier alpha value is -1.81. The van der Waals surface area contributed by atoms with Gasteiger partial charge in [0.2, 0.25) is 0 Å². The molecule has 3 nitrogen and oxygen atoms in total. The van der Waals surface area contributed by atoms with Gasteiger partial charge in [-0.2, -0.15) is 0 Å². The van der Waals surface area contributed by atoms with Gasteiger partial charge in [0.1, 0.15) is 0 Å². The molecule has 0 saturated carbocycles. The minimum absolute atomic E-state index is 0.114. The second-order valence-electron chi connectivity index (χ2n) is 4.95. The standard InChI is InChI=1S/C16H17BrN2O/c1-9-6-12(4-5-14(9)17)16(20)19-15-10(2)7-13(18)8-11(15)3/h4-8H,18H2,1-3H3,(H,19,20). The molecule has 1 amide bonds. The van der Waals surface area contributed by atoms with E-state index in [0.717, 1.165) is 26.9 Å². The highest BCUT2D eigenvalue weighted by Crippen LogP contribution is 2.24. The zero-order valence-corrected chi connectivity index (χ0v) is 13.3. The Labute approximate surface area is 127 Å². The molecule has 2 rings (SSSR count). The molecule has 3 N–H and O–H groups in total. The van der Waals surface area contributed by atoms with Crippen LogP contribution in [0.25, 0.3) is 0 Å². The molecule has 4 heteroatoms. The van der Waals surface area contributed by atoms with Crippen molar-refractivity contribution in [3.63, 3.8) is 0 Å². The van der Waals surface area contributed by atoms with E-state index in [-0.39, 0.29) is 5.91 Å². The van der Waals surface area contributed by atoms with Gasteiger partial charge in [0, 0.05) is 21.4 Å². The van der Waals surface area contributed by atoms with E-state index in [1.165, 1.54) is 0 Å². The van der Waals surface area contributed by atoms with Gasteiger partial charge >= 0.3 is 0 Å². The van der Waals surface area contributed by atoms with Gasteiger partial charge in [0.15, 0.2) is 0 Å². The second-order valence-corrected chi connectivity index (χ2v) is 5.80. The summed E-state index contributed by atoms with van der Waals surface area (Å²) in [4.78, 5) is 12.3. The molecule has 0 saturated heterocycles. The molecule has 0 aliphatic heterocycles. The maximum atomic E-state index is 12.3. The quantitative estimate of drug-likeness (QED) is 0.809. The first kappa shape index (κ1) is 14.6. The highest BCUT2D eigenvalue weighted by atomic mass is 79.9. The van der Waals surface area contributed by atoms with Crippen LogP contribution < -0.4 is 11.1 Å². The van der Waals surface area contributed by atoms with Gasteiger partial charge < -0.3 is 11.1 Å². The number of hydrogen-bond donors (Lipinski definition) is 2. The van der Waals surface area contributed by atoms with Crippen molar-refractivity contribution in [2.45, 2.75) is 20.8 Å². The molecule has 0 aromatic heterocycles. The van der Waals surface area contributed by atoms with E-state index in [4.69, 9.17) is 5.73 Å². The Morgan fingerprint density at radius 2 is 1.65 bits per heavy atom. The summed E-state index contributed by atoms with van der Waals surface area (Å²) in [6.45, 7) is 5.83. The van der Waals surface area contributed by atoms with Gasteiger partial charge in [-0.1, -0.05) is 15.9 Å². The lowest BCUT2D eigenvalue weighted by Gasteiger charge is -2.13. The zero-order chi connectivity index (χ0) is 14.9.